The highest BCUT2D eigenvalue weighted by molar-refractivity contribution is 9.10. The first-order chi connectivity index (χ1) is 13.5. The van der Waals surface area contributed by atoms with Gasteiger partial charge in [0.2, 0.25) is 0 Å². The smallest absolute Gasteiger partial charge is 0.281 e. The van der Waals surface area contributed by atoms with E-state index in [4.69, 9.17) is 4.98 Å². The molecule has 0 aliphatic heterocycles. The fourth-order valence-electron chi connectivity index (χ4n) is 3.40. The van der Waals surface area contributed by atoms with Crippen molar-refractivity contribution in [3.05, 3.63) is 75.4 Å². The van der Waals surface area contributed by atoms with Gasteiger partial charge in [0.05, 0.1) is 33.9 Å². The second-order valence-electron chi connectivity index (χ2n) is 6.46. The lowest BCUT2D eigenvalue weighted by molar-refractivity contribution is 0.625. The number of nitrogens with one attached hydrogen (secondary N) is 1. The zero-order valence-corrected chi connectivity index (χ0v) is 16.2. The molecule has 138 valence electrons. The van der Waals surface area contributed by atoms with E-state index < -0.39 is 5.82 Å². The normalized spacial score (nSPS) is 11.5. The van der Waals surface area contributed by atoms with Gasteiger partial charge in [-0.05, 0) is 30.3 Å². The predicted octanol–water partition coefficient (Wildman–Crippen LogP) is 4.17. The van der Waals surface area contributed by atoms with Crippen LogP contribution in [0.4, 0.5) is 4.39 Å². The van der Waals surface area contributed by atoms with E-state index in [0.29, 0.717) is 27.9 Å². The number of fused-ring (bicyclic) bond motifs is 3. The van der Waals surface area contributed by atoms with E-state index in [9.17, 15) is 9.18 Å². The zero-order chi connectivity index (χ0) is 19.4. The van der Waals surface area contributed by atoms with Crippen LogP contribution in [0.25, 0.3) is 38.9 Å². The molecule has 0 atom stereocenters. The fourth-order valence-corrected chi connectivity index (χ4v) is 3.79. The number of halogens is 2. The molecule has 0 aliphatic carbocycles. The fraction of sp³-hybridized carbons (Fsp3) is 0.0500. The number of rotatable bonds is 2. The van der Waals surface area contributed by atoms with Gasteiger partial charge in [0.1, 0.15) is 5.82 Å². The van der Waals surface area contributed by atoms with Gasteiger partial charge in [0.25, 0.3) is 5.56 Å². The molecule has 0 bridgehead atoms. The molecule has 5 rings (SSSR count). The Bertz CT molecular complexity index is 1430. The highest BCUT2D eigenvalue weighted by Gasteiger charge is 2.20. The summed E-state index contributed by atoms with van der Waals surface area (Å²) < 4.78 is 17.6. The molecule has 3 heterocycles. The molecule has 0 amide bonds. The van der Waals surface area contributed by atoms with E-state index in [0.717, 1.165) is 15.4 Å². The Hall–Kier alpha value is -3.26. The summed E-state index contributed by atoms with van der Waals surface area (Å²) in [5.41, 5.74) is 2.72. The number of aryl methyl sites for hydroxylation is 1. The van der Waals surface area contributed by atoms with Crippen LogP contribution in [0.5, 0.6) is 0 Å². The Morgan fingerprint density at radius 1 is 1.14 bits per heavy atom. The van der Waals surface area contributed by atoms with Crippen molar-refractivity contribution in [3.8, 4) is 16.9 Å². The first-order valence-electron chi connectivity index (χ1n) is 8.51. The molecule has 0 saturated heterocycles. The Kier molecular flexibility index (Phi) is 3.70. The van der Waals surface area contributed by atoms with Gasteiger partial charge in [-0.1, -0.05) is 34.1 Å². The Balaban J connectivity index is 1.93. The highest BCUT2D eigenvalue weighted by Crippen LogP contribution is 2.31. The van der Waals surface area contributed by atoms with E-state index in [1.54, 1.807) is 30.1 Å². The SMILES string of the molecule is Cn1ncc2c3[nH]n(-c4cccc(F)c4)c(=O)c3c(-c3cccc(Br)c3)nc21. The summed E-state index contributed by atoms with van der Waals surface area (Å²) in [5, 5.41) is 8.56. The standard InChI is InChI=1S/C20H13BrFN5O/c1-26-19-15(10-23-26)18-16(17(24-19)11-4-2-5-12(21)8-11)20(28)27(25-18)14-7-3-6-13(22)9-14/h2-10,25H,1H3. The molecular formula is C20H13BrFN5O. The van der Waals surface area contributed by atoms with Crippen molar-refractivity contribution in [2.75, 3.05) is 0 Å². The molecule has 0 aliphatic rings. The summed E-state index contributed by atoms with van der Waals surface area (Å²) in [6.45, 7) is 0. The van der Waals surface area contributed by atoms with Gasteiger partial charge < -0.3 is 0 Å². The number of hydrogen-bond donors (Lipinski definition) is 1. The van der Waals surface area contributed by atoms with Crippen LogP contribution < -0.4 is 5.56 Å². The molecule has 2 aromatic carbocycles. The van der Waals surface area contributed by atoms with Crippen LogP contribution in [0, 0.1) is 5.82 Å². The summed E-state index contributed by atoms with van der Waals surface area (Å²) >= 11 is 3.47. The van der Waals surface area contributed by atoms with Gasteiger partial charge in [-0.25, -0.2) is 14.1 Å². The average Bonchev–Trinajstić information content (AvgIpc) is 3.22. The number of aromatic amines is 1. The number of nitrogens with zero attached hydrogens (tertiary/aromatic N) is 4. The summed E-state index contributed by atoms with van der Waals surface area (Å²) in [4.78, 5) is 18.0. The molecule has 6 nitrogen and oxygen atoms in total. The minimum atomic E-state index is -0.417. The largest absolute Gasteiger partial charge is 0.289 e. The third-order valence-corrected chi connectivity index (χ3v) is 5.18. The number of H-pyrrole nitrogens is 1. The van der Waals surface area contributed by atoms with Crippen LogP contribution >= 0.6 is 15.9 Å². The van der Waals surface area contributed by atoms with Gasteiger partial charge in [-0.15, -0.1) is 0 Å². The van der Waals surface area contributed by atoms with E-state index in [-0.39, 0.29) is 5.56 Å². The Morgan fingerprint density at radius 2 is 1.96 bits per heavy atom. The minimum absolute atomic E-state index is 0.297. The molecule has 8 heteroatoms. The maximum atomic E-state index is 13.7. The molecule has 0 unspecified atom stereocenters. The topological polar surface area (TPSA) is 68.5 Å². The maximum Gasteiger partial charge on any atom is 0.281 e. The molecular weight excluding hydrogens is 425 g/mol. The Morgan fingerprint density at radius 3 is 2.75 bits per heavy atom. The summed E-state index contributed by atoms with van der Waals surface area (Å²) in [5.74, 6) is -0.417. The van der Waals surface area contributed by atoms with Crippen LogP contribution in [0.3, 0.4) is 0 Å². The van der Waals surface area contributed by atoms with Crippen molar-refractivity contribution in [2.45, 2.75) is 0 Å². The van der Waals surface area contributed by atoms with E-state index in [1.807, 2.05) is 24.3 Å². The highest BCUT2D eigenvalue weighted by atomic mass is 79.9. The molecule has 0 saturated carbocycles. The monoisotopic (exact) mass is 437 g/mol. The van der Waals surface area contributed by atoms with E-state index in [2.05, 4.69) is 26.1 Å². The zero-order valence-electron chi connectivity index (χ0n) is 14.6. The van der Waals surface area contributed by atoms with E-state index in [1.165, 1.54) is 16.8 Å². The third kappa shape index (κ3) is 2.49. The lowest BCUT2D eigenvalue weighted by Crippen LogP contribution is -2.15. The van der Waals surface area contributed by atoms with Crippen molar-refractivity contribution >= 4 is 37.9 Å². The van der Waals surface area contributed by atoms with Crippen molar-refractivity contribution in [1.29, 1.82) is 0 Å². The van der Waals surface area contributed by atoms with Gasteiger partial charge in [0, 0.05) is 17.1 Å². The quantitative estimate of drug-likeness (QED) is 0.450. The molecule has 1 N–H and O–H groups in total. The Labute approximate surface area is 166 Å². The number of benzene rings is 2. The van der Waals surface area contributed by atoms with Crippen molar-refractivity contribution in [3.63, 3.8) is 0 Å². The predicted molar refractivity (Wildman–Crippen MR) is 109 cm³/mol. The minimum Gasteiger partial charge on any atom is -0.289 e. The van der Waals surface area contributed by atoms with Crippen molar-refractivity contribution in [1.82, 2.24) is 24.5 Å². The van der Waals surface area contributed by atoms with Crippen LogP contribution in [0.2, 0.25) is 0 Å². The average molecular weight is 438 g/mol. The summed E-state index contributed by atoms with van der Waals surface area (Å²) in [6.07, 6.45) is 1.67. The van der Waals surface area contributed by atoms with Crippen LogP contribution in [-0.2, 0) is 7.05 Å². The first kappa shape index (κ1) is 16.9. The molecule has 0 radical (unpaired) electrons. The molecule has 0 fully saturated rings. The molecule has 0 spiro atoms. The van der Waals surface area contributed by atoms with Gasteiger partial charge >= 0.3 is 0 Å². The van der Waals surface area contributed by atoms with Crippen LogP contribution in [0.1, 0.15) is 0 Å². The summed E-state index contributed by atoms with van der Waals surface area (Å²) in [7, 11) is 1.80. The van der Waals surface area contributed by atoms with Crippen LogP contribution in [0.15, 0.2) is 64.0 Å². The second kappa shape index (κ2) is 6.13. The molecule has 3 aromatic heterocycles. The van der Waals surface area contributed by atoms with Gasteiger partial charge in [0.15, 0.2) is 5.65 Å². The number of aromatic nitrogens is 5. The van der Waals surface area contributed by atoms with Crippen molar-refractivity contribution < 1.29 is 4.39 Å². The lowest BCUT2D eigenvalue weighted by atomic mass is 10.1. The van der Waals surface area contributed by atoms with Gasteiger partial charge in [-0.3, -0.25) is 14.6 Å². The van der Waals surface area contributed by atoms with Gasteiger partial charge in [-0.2, -0.15) is 5.10 Å². The first-order valence-corrected chi connectivity index (χ1v) is 9.30. The third-order valence-electron chi connectivity index (χ3n) is 4.69. The van der Waals surface area contributed by atoms with Crippen molar-refractivity contribution in [2.24, 2.45) is 7.05 Å². The second-order valence-corrected chi connectivity index (χ2v) is 7.37. The number of hydrogen-bond acceptors (Lipinski definition) is 3. The van der Waals surface area contributed by atoms with Crippen LogP contribution in [-0.4, -0.2) is 24.5 Å². The summed E-state index contributed by atoms with van der Waals surface area (Å²) in [6, 6.07) is 13.5. The maximum absolute atomic E-state index is 13.7. The lowest BCUT2D eigenvalue weighted by Gasteiger charge is -2.04. The molecule has 5 aromatic rings. The molecule has 28 heavy (non-hydrogen) atoms. The van der Waals surface area contributed by atoms with E-state index >= 15 is 0 Å². The number of pyridine rings is 1.